The molecule has 0 saturated heterocycles. The number of anilines is 1. The maximum Gasteiger partial charge on any atom is 0.322 e. The Bertz CT molecular complexity index is 1150. The van der Waals surface area contributed by atoms with Gasteiger partial charge in [-0.2, -0.15) is 0 Å². The molecule has 0 aliphatic heterocycles. The molecule has 1 aromatic heterocycles. The van der Waals surface area contributed by atoms with Crippen LogP contribution >= 0.6 is 15.9 Å². The lowest BCUT2D eigenvalue weighted by Crippen LogP contribution is -2.41. The van der Waals surface area contributed by atoms with Crippen molar-refractivity contribution in [1.82, 2.24) is 14.5 Å². The number of urea groups is 1. The highest BCUT2D eigenvalue weighted by Gasteiger charge is 2.26. The normalized spacial score (nSPS) is 12.0. The van der Waals surface area contributed by atoms with E-state index in [4.69, 9.17) is 14.5 Å². The number of para-hydroxylation sites is 2. The zero-order valence-electron chi connectivity index (χ0n) is 19.1. The molecule has 1 unspecified atom stereocenters. The average Bonchev–Trinajstić information content (AvgIpc) is 2.82. The number of ether oxygens (including phenoxy) is 2. The summed E-state index contributed by atoms with van der Waals surface area (Å²) in [6, 6.07) is 13.9. The minimum Gasteiger partial charge on any atom is -0.385 e. The Morgan fingerprint density at radius 2 is 1.82 bits per heavy atom. The topological polar surface area (TPSA) is 85.7 Å². The number of hydrogen-bond donors (Lipinski definition) is 1. The quantitative estimate of drug-likeness (QED) is 0.402. The van der Waals surface area contributed by atoms with Crippen LogP contribution in [0.2, 0.25) is 0 Å². The van der Waals surface area contributed by atoms with E-state index < -0.39 is 6.04 Å². The van der Waals surface area contributed by atoms with Gasteiger partial charge in [0.25, 0.3) is 5.56 Å². The summed E-state index contributed by atoms with van der Waals surface area (Å²) in [4.78, 5) is 33.1. The van der Waals surface area contributed by atoms with Crippen LogP contribution in [0.25, 0.3) is 10.9 Å². The van der Waals surface area contributed by atoms with Crippen LogP contribution in [-0.2, 0) is 16.0 Å². The third kappa shape index (κ3) is 5.98. The van der Waals surface area contributed by atoms with Crippen molar-refractivity contribution in [3.8, 4) is 0 Å². The van der Waals surface area contributed by atoms with Gasteiger partial charge in [-0.1, -0.05) is 24.3 Å². The van der Waals surface area contributed by atoms with E-state index in [0.717, 1.165) is 4.47 Å². The van der Waals surface area contributed by atoms with Gasteiger partial charge in [0, 0.05) is 31.8 Å². The van der Waals surface area contributed by atoms with E-state index in [1.54, 1.807) is 29.8 Å². The highest BCUT2D eigenvalue weighted by Crippen LogP contribution is 2.25. The molecule has 176 valence electrons. The molecule has 9 heteroatoms. The van der Waals surface area contributed by atoms with Gasteiger partial charge in [-0.25, -0.2) is 9.78 Å². The SMILES string of the molecule is COCCCN(C(=O)Nc1ccccc1Br)C(C)c1nc2ccccc2c(=O)n1CCOC. The van der Waals surface area contributed by atoms with Gasteiger partial charge < -0.3 is 19.7 Å². The number of carbonyl (C=O) groups excluding carboxylic acids is 1. The summed E-state index contributed by atoms with van der Waals surface area (Å²) >= 11 is 3.47. The molecule has 0 radical (unpaired) electrons. The monoisotopic (exact) mass is 516 g/mol. The fourth-order valence-electron chi connectivity index (χ4n) is 3.64. The van der Waals surface area contributed by atoms with Gasteiger partial charge in [0.15, 0.2) is 0 Å². The van der Waals surface area contributed by atoms with Crippen LogP contribution in [0.1, 0.15) is 25.2 Å². The molecule has 3 aromatic rings. The molecule has 2 amide bonds. The van der Waals surface area contributed by atoms with Crippen LogP contribution in [0.5, 0.6) is 0 Å². The minimum atomic E-state index is -0.474. The molecule has 0 fully saturated rings. The lowest BCUT2D eigenvalue weighted by Gasteiger charge is -2.30. The van der Waals surface area contributed by atoms with E-state index in [9.17, 15) is 9.59 Å². The van der Waals surface area contributed by atoms with Gasteiger partial charge >= 0.3 is 6.03 Å². The maximum atomic E-state index is 13.4. The first kappa shape index (κ1) is 24.9. The molecule has 0 spiro atoms. The number of methoxy groups -OCH3 is 2. The molecule has 8 nitrogen and oxygen atoms in total. The molecule has 1 atom stereocenters. The molecular formula is C24H29BrN4O4. The summed E-state index contributed by atoms with van der Waals surface area (Å²) in [5.74, 6) is 0.510. The van der Waals surface area contributed by atoms with Crippen LogP contribution in [0, 0.1) is 0 Å². The Balaban J connectivity index is 2.02. The first-order valence-electron chi connectivity index (χ1n) is 10.8. The predicted octanol–water partition coefficient (Wildman–Crippen LogP) is 4.44. The zero-order valence-corrected chi connectivity index (χ0v) is 20.7. The van der Waals surface area contributed by atoms with Crippen LogP contribution < -0.4 is 10.9 Å². The highest BCUT2D eigenvalue weighted by atomic mass is 79.9. The second kappa shape index (κ2) is 11.9. The Morgan fingerprint density at radius 1 is 1.12 bits per heavy atom. The largest absolute Gasteiger partial charge is 0.385 e. The molecule has 33 heavy (non-hydrogen) atoms. The standard InChI is InChI=1S/C24H29BrN4O4/c1-17(22-26-20-11-6-4-9-18(20)23(30)29(22)14-16-33-3)28(13-8-15-32-2)24(31)27-21-12-7-5-10-19(21)25/h4-7,9-12,17H,8,13-16H2,1-3H3,(H,27,31). The third-order valence-electron chi connectivity index (χ3n) is 5.38. The number of amides is 2. The summed E-state index contributed by atoms with van der Waals surface area (Å²) < 4.78 is 12.8. The number of nitrogens with zero attached hydrogens (tertiary/aromatic N) is 3. The average molecular weight is 517 g/mol. The lowest BCUT2D eigenvalue weighted by atomic mass is 10.2. The first-order valence-corrected chi connectivity index (χ1v) is 11.6. The third-order valence-corrected chi connectivity index (χ3v) is 6.07. The van der Waals surface area contributed by atoms with Crippen molar-refractivity contribution >= 4 is 38.6 Å². The fraction of sp³-hybridized carbons (Fsp3) is 0.375. The molecule has 1 heterocycles. The van der Waals surface area contributed by atoms with Crippen LogP contribution in [0.3, 0.4) is 0 Å². The van der Waals surface area contributed by atoms with Gasteiger partial charge in [-0.3, -0.25) is 9.36 Å². The number of fused-ring (bicyclic) bond motifs is 1. The molecule has 0 bridgehead atoms. The molecule has 2 aromatic carbocycles. The van der Waals surface area contributed by atoms with Crippen molar-refractivity contribution in [1.29, 1.82) is 0 Å². The minimum absolute atomic E-state index is 0.150. The number of nitrogens with one attached hydrogen (secondary N) is 1. The van der Waals surface area contributed by atoms with E-state index in [1.165, 1.54) is 0 Å². The second-order valence-electron chi connectivity index (χ2n) is 7.56. The van der Waals surface area contributed by atoms with E-state index in [-0.39, 0.29) is 11.6 Å². The molecule has 3 rings (SSSR count). The molecule has 1 N–H and O–H groups in total. The number of aromatic nitrogens is 2. The van der Waals surface area contributed by atoms with Crippen LogP contribution in [0.4, 0.5) is 10.5 Å². The maximum absolute atomic E-state index is 13.4. The van der Waals surface area contributed by atoms with Crippen molar-refractivity contribution < 1.29 is 14.3 Å². The smallest absolute Gasteiger partial charge is 0.322 e. The number of hydrogen-bond acceptors (Lipinski definition) is 5. The Morgan fingerprint density at radius 3 is 2.55 bits per heavy atom. The molecule has 0 aliphatic rings. The molecule has 0 saturated carbocycles. The Hall–Kier alpha value is -2.75. The Labute approximate surface area is 201 Å². The van der Waals surface area contributed by atoms with E-state index in [2.05, 4.69) is 21.2 Å². The van der Waals surface area contributed by atoms with Gasteiger partial charge in [0.1, 0.15) is 5.82 Å². The Kier molecular flexibility index (Phi) is 8.99. The van der Waals surface area contributed by atoms with Crippen LogP contribution in [0.15, 0.2) is 57.8 Å². The van der Waals surface area contributed by atoms with Crippen molar-refractivity contribution in [2.75, 3.05) is 39.3 Å². The summed E-state index contributed by atoms with van der Waals surface area (Å²) in [7, 11) is 3.22. The van der Waals surface area contributed by atoms with Crippen LogP contribution in [-0.4, -0.2) is 54.5 Å². The van der Waals surface area contributed by atoms with Crippen molar-refractivity contribution in [2.45, 2.75) is 25.9 Å². The second-order valence-corrected chi connectivity index (χ2v) is 8.42. The number of carbonyl (C=O) groups is 1. The van der Waals surface area contributed by atoms with Crippen molar-refractivity contribution in [3.05, 3.63) is 69.2 Å². The summed E-state index contributed by atoms with van der Waals surface area (Å²) in [6.45, 7) is 3.51. The lowest BCUT2D eigenvalue weighted by molar-refractivity contribution is 0.155. The van der Waals surface area contributed by atoms with E-state index >= 15 is 0 Å². The summed E-state index contributed by atoms with van der Waals surface area (Å²) in [5.41, 5.74) is 1.11. The van der Waals surface area contributed by atoms with E-state index in [1.807, 2.05) is 49.4 Å². The first-order chi connectivity index (χ1) is 16.0. The predicted molar refractivity (Wildman–Crippen MR) is 133 cm³/mol. The highest BCUT2D eigenvalue weighted by molar-refractivity contribution is 9.10. The van der Waals surface area contributed by atoms with Crippen molar-refractivity contribution in [3.63, 3.8) is 0 Å². The number of halogens is 1. The summed E-state index contributed by atoms with van der Waals surface area (Å²) in [5, 5.41) is 3.50. The molecular weight excluding hydrogens is 488 g/mol. The number of benzene rings is 2. The zero-order chi connectivity index (χ0) is 23.8. The van der Waals surface area contributed by atoms with Gasteiger partial charge in [-0.15, -0.1) is 0 Å². The van der Waals surface area contributed by atoms with Gasteiger partial charge in [-0.05, 0) is 53.5 Å². The van der Waals surface area contributed by atoms with E-state index in [0.29, 0.717) is 55.1 Å². The molecule has 0 aliphatic carbocycles. The fourth-order valence-corrected chi connectivity index (χ4v) is 4.03. The van der Waals surface area contributed by atoms with Gasteiger partial charge in [0.2, 0.25) is 0 Å². The summed E-state index contributed by atoms with van der Waals surface area (Å²) in [6.07, 6.45) is 0.639. The van der Waals surface area contributed by atoms with Crippen molar-refractivity contribution in [2.24, 2.45) is 0 Å². The van der Waals surface area contributed by atoms with Gasteiger partial charge in [0.05, 0.1) is 35.8 Å². The number of rotatable bonds is 10.